The fourth-order valence-corrected chi connectivity index (χ4v) is 2.41. The van der Waals surface area contributed by atoms with E-state index >= 15 is 0 Å². The average Bonchev–Trinajstić information content (AvgIpc) is 2.57. The van der Waals surface area contributed by atoms with Crippen molar-refractivity contribution in [3.8, 4) is 0 Å². The van der Waals surface area contributed by atoms with Crippen LogP contribution in [-0.2, 0) is 9.53 Å². The molecule has 0 aromatic heterocycles. The Labute approximate surface area is 83.9 Å². The molecular formula is C10H18O4. The molecule has 0 aromatic carbocycles. The number of rotatable bonds is 0. The van der Waals surface area contributed by atoms with Crippen LogP contribution in [0.2, 0.25) is 0 Å². The first-order chi connectivity index (χ1) is 6.33. The number of carboxylic acid groups (broad SMARTS) is 1. The van der Waals surface area contributed by atoms with Crippen LogP contribution in [0.25, 0.3) is 0 Å². The number of epoxide rings is 1. The molecule has 0 amide bonds. The molecule has 0 radical (unpaired) electrons. The molecule has 14 heavy (non-hydrogen) atoms. The molecule has 1 aliphatic heterocycles. The van der Waals surface area contributed by atoms with E-state index in [1.807, 2.05) is 6.92 Å². The summed E-state index contributed by atoms with van der Waals surface area (Å²) in [5.41, 5.74) is -0.283. The van der Waals surface area contributed by atoms with Crippen LogP contribution in [0.15, 0.2) is 0 Å². The second-order valence-electron chi connectivity index (χ2n) is 4.82. The molecule has 4 heteroatoms. The molecular weight excluding hydrogens is 184 g/mol. The van der Waals surface area contributed by atoms with Gasteiger partial charge in [-0.05, 0) is 26.2 Å². The van der Waals surface area contributed by atoms with Gasteiger partial charge in [0.15, 0.2) is 0 Å². The maximum Gasteiger partial charge on any atom is 0.290 e. The van der Waals surface area contributed by atoms with Gasteiger partial charge in [-0.15, -0.1) is 0 Å². The zero-order valence-corrected chi connectivity index (χ0v) is 8.91. The molecule has 2 atom stereocenters. The Hall–Kier alpha value is -0.610. The van der Waals surface area contributed by atoms with Gasteiger partial charge in [0.2, 0.25) is 5.79 Å². The van der Waals surface area contributed by atoms with Crippen LogP contribution in [0.1, 0.15) is 40.0 Å². The van der Waals surface area contributed by atoms with Crippen LogP contribution in [0.3, 0.4) is 0 Å². The van der Waals surface area contributed by atoms with Crippen LogP contribution in [0, 0.1) is 5.41 Å². The van der Waals surface area contributed by atoms with Gasteiger partial charge >= 0.3 is 0 Å². The monoisotopic (exact) mass is 202 g/mol. The molecule has 1 aliphatic carbocycles. The third kappa shape index (κ3) is 1.42. The predicted octanol–water partition coefficient (Wildman–Crippen LogP) is 1.37. The molecule has 0 bridgehead atoms. The van der Waals surface area contributed by atoms with E-state index in [1.165, 1.54) is 6.42 Å². The van der Waals surface area contributed by atoms with E-state index in [4.69, 9.17) is 14.6 Å². The third-order valence-corrected chi connectivity index (χ3v) is 3.42. The van der Waals surface area contributed by atoms with E-state index in [2.05, 4.69) is 13.8 Å². The number of ether oxygens (including phenoxy) is 1. The van der Waals surface area contributed by atoms with Crippen molar-refractivity contribution in [2.24, 2.45) is 5.41 Å². The lowest BCUT2D eigenvalue weighted by Crippen LogP contribution is -2.42. The Kier molecular flexibility index (Phi) is 2.63. The Morgan fingerprint density at radius 3 is 2.14 bits per heavy atom. The molecule has 0 aromatic rings. The molecule has 1 heterocycles. The van der Waals surface area contributed by atoms with Crippen molar-refractivity contribution in [3.05, 3.63) is 0 Å². The van der Waals surface area contributed by atoms with Crippen LogP contribution in [0.4, 0.5) is 0 Å². The second-order valence-corrected chi connectivity index (χ2v) is 4.82. The molecule has 4 nitrogen and oxygen atoms in total. The van der Waals surface area contributed by atoms with Crippen LogP contribution in [-0.4, -0.2) is 28.1 Å². The van der Waals surface area contributed by atoms with Crippen molar-refractivity contribution in [1.82, 2.24) is 0 Å². The van der Waals surface area contributed by atoms with Gasteiger partial charge in [0, 0.05) is 5.41 Å². The lowest BCUT2D eigenvalue weighted by atomic mass is 9.70. The first kappa shape index (κ1) is 11.5. The molecule has 2 unspecified atom stereocenters. The van der Waals surface area contributed by atoms with Crippen LogP contribution < -0.4 is 0 Å². The molecule has 1 saturated heterocycles. The summed E-state index contributed by atoms with van der Waals surface area (Å²) in [6.45, 7) is 5.92. The number of aliphatic hydroxyl groups is 1. The fraction of sp³-hybridized carbons (Fsp3) is 0.900. The van der Waals surface area contributed by atoms with E-state index in [1.54, 1.807) is 0 Å². The summed E-state index contributed by atoms with van der Waals surface area (Å²) in [5, 5.41) is 16.9. The second kappa shape index (κ2) is 3.21. The summed E-state index contributed by atoms with van der Waals surface area (Å²) in [7, 11) is 0. The number of hydrogen-bond donors (Lipinski definition) is 2. The Morgan fingerprint density at radius 2 is 1.79 bits per heavy atom. The summed E-state index contributed by atoms with van der Waals surface area (Å²) in [5.74, 6) is -0.821. The van der Waals surface area contributed by atoms with E-state index in [0.717, 1.165) is 12.8 Å². The SMILES string of the molecule is CC1(C)CCCC2(C)OC12O.O=CO. The Balaban J connectivity index is 0.000000293. The van der Waals surface area contributed by atoms with E-state index < -0.39 is 5.79 Å². The highest BCUT2D eigenvalue weighted by Crippen LogP contribution is 2.63. The summed E-state index contributed by atoms with van der Waals surface area (Å²) >= 11 is 0. The number of hydrogen-bond acceptors (Lipinski definition) is 3. The highest BCUT2D eigenvalue weighted by atomic mass is 16.8. The minimum atomic E-state index is -0.821. The normalized spacial score (nSPS) is 42.9. The summed E-state index contributed by atoms with van der Waals surface area (Å²) in [6.07, 6.45) is 3.25. The van der Waals surface area contributed by atoms with Gasteiger partial charge in [-0.3, -0.25) is 4.79 Å². The number of fused-ring (bicyclic) bond motifs is 1. The molecule has 2 rings (SSSR count). The van der Waals surface area contributed by atoms with Crippen molar-refractivity contribution in [3.63, 3.8) is 0 Å². The molecule has 2 N–H and O–H groups in total. The van der Waals surface area contributed by atoms with Gasteiger partial charge in [-0.2, -0.15) is 0 Å². The van der Waals surface area contributed by atoms with E-state index in [-0.39, 0.29) is 17.5 Å². The van der Waals surface area contributed by atoms with Crippen molar-refractivity contribution in [2.75, 3.05) is 0 Å². The Morgan fingerprint density at radius 1 is 1.29 bits per heavy atom. The highest BCUT2D eigenvalue weighted by molar-refractivity contribution is 5.32. The van der Waals surface area contributed by atoms with Gasteiger partial charge in [-0.25, -0.2) is 0 Å². The van der Waals surface area contributed by atoms with Gasteiger partial charge < -0.3 is 14.9 Å². The lowest BCUT2D eigenvalue weighted by Gasteiger charge is -2.34. The zero-order valence-electron chi connectivity index (χ0n) is 8.91. The fourth-order valence-electron chi connectivity index (χ4n) is 2.41. The average molecular weight is 202 g/mol. The topological polar surface area (TPSA) is 70.1 Å². The zero-order chi connectivity index (χ0) is 11.0. The minimum absolute atomic E-state index is 0.0556. The van der Waals surface area contributed by atoms with Gasteiger partial charge in [0.25, 0.3) is 6.47 Å². The van der Waals surface area contributed by atoms with Crippen LogP contribution in [0.5, 0.6) is 0 Å². The molecule has 2 aliphatic rings. The third-order valence-electron chi connectivity index (χ3n) is 3.42. The largest absolute Gasteiger partial charge is 0.483 e. The van der Waals surface area contributed by atoms with E-state index in [0.29, 0.717) is 0 Å². The smallest absolute Gasteiger partial charge is 0.290 e. The maximum absolute atomic E-state index is 10.0. The maximum atomic E-state index is 10.0. The Bertz CT molecular complexity index is 238. The summed E-state index contributed by atoms with van der Waals surface area (Å²) in [6, 6.07) is 0. The van der Waals surface area contributed by atoms with Crippen molar-refractivity contribution >= 4 is 6.47 Å². The van der Waals surface area contributed by atoms with Gasteiger partial charge in [0.05, 0.1) is 0 Å². The summed E-state index contributed by atoms with van der Waals surface area (Å²) < 4.78 is 5.42. The van der Waals surface area contributed by atoms with Crippen molar-refractivity contribution < 1.29 is 19.7 Å². The lowest BCUT2D eigenvalue weighted by molar-refractivity contribution is -0.122. The first-order valence-corrected chi connectivity index (χ1v) is 4.83. The molecule has 1 saturated carbocycles. The quantitative estimate of drug-likeness (QED) is 0.460. The first-order valence-electron chi connectivity index (χ1n) is 4.83. The highest BCUT2D eigenvalue weighted by Gasteiger charge is 2.74. The predicted molar refractivity (Wildman–Crippen MR) is 50.8 cm³/mol. The van der Waals surface area contributed by atoms with Crippen molar-refractivity contribution in [1.29, 1.82) is 0 Å². The summed E-state index contributed by atoms with van der Waals surface area (Å²) in [4.78, 5) is 8.36. The standard InChI is InChI=1S/C9H16O2.CH2O2/c1-7(2)5-4-6-8(3)9(7,10)11-8;2-1-3/h10H,4-6H2,1-3H3;1H,(H,2,3). The van der Waals surface area contributed by atoms with Crippen molar-refractivity contribution in [2.45, 2.75) is 51.4 Å². The molecule has 2 fully saturated rings. The van der Waals surface area contributed by atoms with Gasteiger partial charge in [0.1, 0.15) is 5.60 Å². The van der Waals surface area contributed by atoms with Crippen LogP contribution >= 0.6 is 0 Å². The minimum Gasteiger partial charge on any atom is -0.483 e. The number of carbonyl (C=O) groups is 1. The molecule has 82 valence electrons. The molecule has 0 spiro atoms. The van der Waals surface area contributed by atoms with Gasteiger partial charge in [-0.1, -0.05) is 13.8 Å². The van der Waals surface area contributed by atoms with E-state index in [9.17, 15) is 5.11 Å².